The van der Waals surface area contributed by atoms with Gasteiger partial charge in [-0.3, -0.25) is 19.2 Å². The molecular formula is C64H55Cl3F4N12O8S2. The molecule has 29 heteroatoms. The summed E-state index contributed by atoms with van der Waals surface area (Å²) in [6.45, 7) is 5.80. The molecule has 10 aromatic rings. The summed E-state index contributed by atoms with van der Waals surface area (Å²) in [6, 6.07) is 30.8. The molecule has 0 spiro atoms. The summed E-state index contributed by atoms with van der Waals surface area (Å²) in [5.74, 6) is -3.35. The van der Waals surface area contributed by atoms with E-state index in [4.69, 9.17) is 33.9 Å². The summed E-state index contributed by atoms with van der Waals surface area (Å²) in [4.78, 5) is 66.5. The van der Waals surface area contributed by atoms with E-state index in [1.165, 1.54) is 42.8 Å². The molecular weight excluding hydrogens is 1310 g/mol. The number of nitrogens with zero attached hydrogens (tertiary/aromatic N) is 9. The number of anilines is 2. The monoisotopic (exact) mass is 1360 g/mol. The Hall–Kier alpha value is -8.89. The molecule has 0 radical (unpaired) electrons. The third kappa shape index (κ3) is 15.5. The summed E-state index contributed by atoms with van der Waals surface area (Å²) in [6.07, 6.45) is 3.63. The zero-order valence-corrected chi connectivity index (χ0v) is 53.6. The molecule has 2 fully saturated rings. The van der Waals surface area contributed by atoms with Gasteiger partial charge in [-0.2, -0.15) is 14.5 Å². The summed E-state index contributed by atoms with van der Waals surface area (Å²) < 4.78 is 111. The van der Waals surface area contributed by atoms with Gasteiger partial charge in [-0.05, 0) is 73.5 Å². The molecule has 0 aliphatic carbocycles. The van der Waals surface area contributed by atoms with E-state index in [0.717, 1.165) is 20.1 Å². The molecule has 2 saturated heterocycles. The maximum Gasteiger partial charge on any atom is 0.252 e. The smallest absolute Gasteiger partial charge is 0.252 e. The predicted molar refractivity (Wildman–Crippen MR) is 347 cm³/mol. The number of carbonyl (C=O) groups is 4. The molecule has 4 atom stereocenters. The highest BCUT2D eigenvalue weighted by molar-refractivity contribution is 8.13. The van der Waals surface area contributed by atoms with Crippen LogP contribution >= 0.6 is 33.9 Å². The first-order valence-corrected chi connectivity index (χ1v) is 33.3. The largest absolute Gasteiger partial charge is 0.322 e. The number of ketones is 2. The van der Waals surface area contributed by atoms with Gasteiger partial charge in [-0.15, -0.1) is 0 Å². The van der Waals surface area contributed by atoms with E-state index >= 15 is 4.39 Å². The van der Waals surface area contributed by atoms with Gasteiger partial charge in [0.2, 0.25) is 21.8 Å². The van der Waals surface area contributed by atoms with Gasteiger partial charge in [0.15, 0.2) is 35.0 Å². The number of sulfonamides is 1. The summed E-state index contributed by atoms with van der Waals surface area (Å²) >= 11 is 12.3. The van der Waals surface area contributed by atoms with Gasteiger partial charge >= 0.3 is 0 Å². The Balaban J connectivity index is 0.000000169. The van der Waals surface area contributed by atoms with E-state index in [-0.39, 0.29) is 52.9 Å². The van der Waals surface area contributed by atoms with Crippen LogP contribution in [0.1, 0.15) is 59.3 Å². The van der Waals surface area contributed by atoms with Crippen LogP contribution in [-0.4, -0.2) is 122 Å². The number of carbonyl (C=O) groups excluding carboxylic acids is 4. The second kappa shape index (κ2) is 28.1. The van der Waals surface area contributed by atoms with Gasteiger partial charge in [0.1, 0.15) is 41.4 Å². The molecule has 12 rings (SSSR count). The van der Waals surface area contributed by atoms with Crippen LogP contribution in [0.15, 0.2) is 146 Å². The zero-order valence-electron chi connectivity index (χ0n) is 49.7. The molecule has 20 nitrogen and oxygen atoms in total. The molecule has 93 heavy (non-hydrogen) atoms. The molecule has 2 amide bonds. The van der Waals surface area contributed by atoms with Crippen molar-refractivity contribution in [2.45, 2.75) is 76.7 Å². The highest BCUT2D eigenvalue weighted by atomic mass is 35.7. The standard InChI is InChI=1S/C32H27ClF2N6O4S.C17H15ClF2N2O.C15H13ClN4O3S/c1-18(42)31-25-12-20(21-14-36-19(2)37-15-21)10-11-28(25)40(39-31)17-46(44,45)41-16-22(34)13-29(41)32(43)38-27-9-5-7-24(30(27)35)23-6-3-4-8-26(23)33;18-13-6-2-1-4-11(13)12-5-3-7-14(16(12)20)22-17(23)15-8-10(19)9-21-15;1-9(21)15-13-5-11(12-6-17-10(2)18-7-12)3-4-14(13)20(19-15)8-24(16,22)23/h3-12,14-15,22,29H,13,16-17H2,1-2H3,(H,38,43);1-7,10,15,21H,8-9H2,(H,22,23);3-7H,8H2,1-2H3/t22-,29+;10-,15+;/m11./s1. The van der Waals surface area contributed by atoms with Crippen LogP contribution in [0.3, 0.4) is 0 Å². The SMILES string of the molecule is CC(=O)c1nn(CS(=O)(=O)Cl)c2ccc(-c3cnc(C)nc3)cc12.CC(=O)c1nn(CS(=O)(=O)N2C[C@H](F)C[C@H]2C(=O)Nc2cccc(-c3ccccc3Cl)c2F)c2ccc(-c3cnc(C)nc3)cc12.O=C(Nc1cccc(-c2ccccc2Cl)c1F)[C@@H]1C[C@@H](F)CN1. The third-order valence-electron chi connectivity index (χ3n) is 15.1. The molecule has 480 valence electrons. The maximum atomic E-state index is 15.5. The summed E-state index contributed by atoms with van der Waals surface area (Å²) in [5.41, 5.74) is 5.31. The lowest BCUT2D eigenvalue weighted by Gasteiger charge is -2.23. The highest BCUT2D eigenvalue weighted by Gasteiger charge is 2.44. The normalized spacial score (nSPS) is 16.5. The van der Waals surface area contributed by atoms with Crippen molar-refractivity contribution in [3.8, 4) is 44.5 Å². The number of hydrogen-bond donors (Lipinski definition) is 3. The van der Waals surface area contributed by atoms with Crippen molar-refractivity contribution in [2.75, 3.05) is 23.7 Å². The van der Waals surface area contributed by atoms with Gasteiger partial charge in [0.25, 0.3) is 9.05 Å². The predicted octanol–water partition coefficient (Wildman–Crippen LogP) is 12.1. The molecule has 2 aliphatic rings. The molecule has 4 aromatic heterocycles. The topological polar surface area (TPSA) is 263 Å². The average molecular weight is 1370 g/mol. The molecule has 2 aliphatic heterocycles. The molecule has 0 saturated carbocycles. The fourth-order valence-electron chi connectivity index (χ4n) is 10.6. The van der Waals surface area contributed by atoms with E-state index in [1.54, 1.807) is 136 Å². The zero-order chi connectivity index (χ0) is 66.6. The Labute approximate surface area is 544 Å². The number of amides is 2. The Kier molecular flexibility index (Phi) is 20.3. The van der Waals surface area contributed by atoms with Crippen molar-refractivity contribution < 1.29 is 53.6 Å². The summed E-state index contributed by atoms with van der Waals surface area (Å²) in [5, 5.41) is 17.8. The van der Waals surface area contributed by atoms with Gasteiger partial charge in [-0.25, -0.2) is 63.7 Å². The lowest BCUT2D eigenvalue weighted by atomic mass is 10.0. The first-order valence-electron chi connectivity index (χ1n) is 28.5. The van der Waals surface area contributed by atoms with E-state index in [9.17, 15) is 49.2 Å². The number of hydrogen-bond acceptors (Lipinski definition) is 15. The van der Waals surface area contributed by atoms with Crippen LogP contribution in [0.5, 0.6) is 0 Å². The van der Waals surface area contributed by atoms with Crippen LogP contribution in [0.25, 0.3) is 66.3 Å². The number of nitrogens with one attached hydrogen (secondary N) is 3. The van der Waals surface area contributed by atoms with Crippen LogP contribution in [0.4, 0.5) is 28.9 Å². The van der Waals surface area contributed by atoms with Gasteiger partial charge in [0, 0.05) is 129 Å². The molecule has 0 bridgehead atoms. The van der Waals surface area contributed by atoms with Crippen molar-refractivity contribution in [1.82, 2.24) is 49.1 Å². The first kappa shape index (κ1) is 67.0. The Morgan fingerprint density at radius 3 is 1.44 bits per heavy atom. The number of fused-ring (bicyclic) bond motifs is 2. The molecule has 6 heterocycles. The van der Waals surface area contributed by atoms with Crippen LogP contribution in [-0.2, 0) is 40.4 Å². The van der Waals surface area contributed by atoms with Gasteiger partial charge < -0.3 is 16.0 Å². The van der Waals surface area contributed by atoms with E-state index < -0.39 is 91.7 Å². The molecule has 3 N–H and O–H groups in total. The Morgan fingerprint density at radius 1 is 0.570 bits per heavy atom. The highest BCUT2D eigenvalue weighted by Crippen LogP contribution is 2.36. The van der Waals surface area contributed by atoms with E-state index in [0.29, 0.717) is 71.3 Å². The average Bonchev–Trinajstić information content (AvgIpc) is 1.66. The molecule has 0 unspecified atom stereocenters. The Morgan fingerprint density at radius 2 is 1.01 bits per heavy atom. The molecule has 6 aromatic carbocycles. The van der Waals surface area contributed by atoms with Gasteiger partial charge in [-0.1, -0.05) is 96.0 Å². The summed E-state index contributed by atoms with van der Waals surface area (Å²) in [7, 11) is -2.88. The number of rotatable bonds is 15. The number of Topliss-reactive ketones (excluding diaryl/α,β-unsaturated/α-hetero) is 2. The van der Waals surface area contributed by atoms with Crippen molar-refractivity contribution in [3.63, 3.8) is 0 Å². The lowest BCUT2D eigenvalue weighted by molar-refractivity contribution is -0.119. The minimum absolute atomic E-state index is 0.0491. The Bertz CT molecular complexity index is 4780. The van der Waals surface area contributed by atoms with Crippen molar-refractivity contribution >= 4 is 110 Å². The van der Waals surface area contributed by atoms with E-state index in [1.807, 2.05) is 0 Å². The fourth-order valence-corrected chi connectivity index (χ4v) is 13.4. The van der Waals surface area contributed by atoms with Crippen LogP contribution < -0.4 is 16.0 Å². The number of halogens is 7. The second-order valence-corrected chi connectivity index (χ2v) is 27.2. The third-order valence-corrected chi connectivity index (χ3v) is 18.3. The fraction of sp³-hybridized carbons (Fsp3) is 0.219. The minimum atomic E-state index is -4.38. The first-order chi connectivity index (χ1) is 44.2. The van der Waals surface area contributed by atoms with Crippen LogP contribution in [0.2, 0.25) is 10.0 Å². The van der Waals surface area contributed by atoms with Crippen molar-refractivity contribution in [1.29, 1.82) is 0 Å². The number of aromatic nitrogens is 8. The minimum Gasteiger partial charge on any atom is -0.322 e. The number of aryl methyl sites for hydroxylation is 2. The van der Waals surface area contributed by atoms with E-state index in [2.05, 4.69) is 46.1 Å². The van der Waals surface area contributed by atoms with Crippen LogP contribution in [0, 0.1) is 25.5 Å². The number of alkyl halides is 2. The second-order valence-electron chi connectivity index (χ2n) is 21.7. The van der Waals surface area contributed by atoms with Crippen molar-refractivity contribution in [3.05, 3.63) is 191 Å². The lowest BCUT2D eigenvalue weighted by Crippen LogP contribution is -2.44. The quantitative estimate of drug-likeness (QED) is 0.0489. The number of benzene rings is 6. The maximum absolute atomic E-state index is 15.5. The van der Waals surface area contributed by atoms with Crippen molar-refractivity contribution in [2.24, 2.45) is 0 Å². The van der Waals surface area contributed by atoms with Gasteiger partial charge in [0.05, 0.1) is 28.5 Å².